The molecule has 2 aromatic rings. The van der Waals surface area contributed by atoms with Crippen molar-refractivity contribution in [2.75, 3.05) is 16.4 Å². The third-order valence-corrected chi connectivity index (χ3v) is 2.63. The van der Waals surface area contributed by atoms with Crippen molar-refractivity contribution in [1.82, 2.24) is 9.97 Å². The van der Waals surface area contributed by atoms with Crippen molar-refractivity contribution in [2.45, 2.75) is 6.92 Å². The van der Waals surface area contributed by atoms with Crippen molar-refractivity contribution in [3.63, 3.8) is 0 Å². The fourth-order valence-corrected chi connectivity index (χ4v) is 1.63. The smallest absolute Gasteiger partial charge is 0.221 e. The van der Waals surface area contributed by atoms with Crippen LogP contribution in [0.5, 0.6) is 0 Å². The topological polar surface area (TPSA) is 92.9 Å². The van der Waals surface area contributed by atoms with Crippen LogP contribution in [0.3, 0.4) is 0 Å². The Kier molecular flexibility index (Phi) is 3.82. The monoisotopic (exact) mass is 277 g/mol. The summed E-state index contributed by atoms with van der Waals surface area (Å²) in [7, 11) is 0. The summed E-state index contributed by atoms with van der Waals surface area (Å²) >= 11 is 5.98. The van der Waals surface area contributed by atoms with Gasteiger partial charge in [-0.15, -0.1) is 0 Å². The summed E-state index contributed by atoms with van der Waals surface area (Å²) in [6.45, 7) is 1.45. The van der Waals surface area contributed by atoms with Gasteiger partial charge in [0.2, 0.25) is 5.91 Å². The Morgan fingerprint density at radius 3 is 2.79 bits per heavy atom. The molecule has 19 heavy (non-hydrogen) atoms. The molecule has 0 atom stereocenters. The van der Waals surface area contributed by atoms with Crippen LogP contribution in [0, 0.1) is 0 Å². The Bertz CT molecular complexity index is 617. The second kappa shape index (κ2) is 5.53. The number of halogens is 1. The molecule has 1 aromatic heterocycles. The molecule has 7 heteroatoms. The third kappa shape index (κ3) is 3.32. The standard InChI is InChI=1S/C12H12ClN5O/c1-7(19)17-8-3-2-4-9(5-8)18-12-10(13)11(14)15-6-16-12/h2-6H,1H3,(H,17,19)(H3,14,15,16,18). The lowest BCUT2D eigenvalue weighted by atomic mass is 10.2. The summed E-state index contributed by atoms with van der Waals surface area (Å²) in [4.78, 5) is 18.8. The lowest BCUT2D eigenvalue weighted by molar-refractivity contribution is -0.114. The molecule has 0 fully saturated rings. The minimum absolute atomic E-state index is 0.138. The molecule has 0 aliphatic heterocycles. The summed E-state index contributed by atoms with van der Waals surface area (Å²) in [5, 5.41) is 5.96. The molecule has 4 N–H and O–H groups in total. The Hall–Kier alpha value is -2.34. The van der Waals surface area contributed by atoms with Crippen molar-refractivity contribution < 1.29 is 4.79 Å². The third-order valence-electron chi connectivity index (χ3n) is 2.26. The minimum atomic E-state index is -0.138. The highest BCUT2D eigenvalue weighted by molar-refractivity contribution is 6.35. The number of benzene rings is 1. The Labute approximate surface area is 115 Å². The molecule has 0 aliphatic carbocycles. The summed E-state index contributed by atoms with van der Waals surface area (Å²) in [5.41, 5.74) is 6.99. The van der Waals surface area contributed by atoms with Crippen LogP contribution in [-0.2, 0) is 4.79 Å². The lowest BCUT2D eigenvalue weighted by Gasteiger charge is -2.09. The number of nitrogens with zero attached hydrogens (tertiary/aromatic N) is 2. The molecule has 1 heterocycles. The van der Waals surface area contributed by atoms with E-state index in [9.17, 15) is 4.79 Å². The summed E-state index contributed by atoms with van der Waals surface area (Å²) in [6.07, 6.45) is 1.32. The number of nitrogens with two attached hydrogens (primary N) is 1. The Balaban J connectivity index is 2.23. The number of anilines is 4. The van der Waals surface area contributed by atoms with Crippen LogP contribution < -0.4 is 16.4 Å². The summed E-state index contributed by atoms with van der Waals surface area (Å²) < 4.78 is 0. The average Bonchev–Trinajstić information content (AvgIpc) is 2.35. The van der Waals surface area contributed by atoms with Crippen LogP contribution >= 0.6 is 11.6 Å². The van der Waals surface area contributed by atoms with E-state index in [1.165, 1.54) is 13.3 Å². The molecule has 0 unspecified atom stereocenters. The van der Waals surface area contributed by atoms with Crippen molar-refractivity contribution >= 4 is 40.5 Å². The molecule has 6 nitrogen and oxygen atoms in total. The van der Waals surface area contributed by atoms with Crippen molar-refractivity contribution in [3.05, 3.63) is 35.6 Å². The van der Waals surface area contributed by atoms with Gasteiger partial charge < -0.3 is 16.4 Å². The predicted molar refractivity (Wildman–Crippen MR) is 75.5 cm³/mol. The molecule has 0 saturated carbocycles. The average molecular weight is 278 g/mol. The molecule has 1 aromatic carbocycles. The number of nitrogens with one attached hydrogen (secondary N) is 2. The van der Waals surface area contributed by atoms with E-state index in [0.717, 1.165) is 5.69 Å². The van der Waals surface area contributed by atoms with Gasteiger partial charge in [-0.2, -0.15) is 0 Å². The highest BCUT2D eigenvalue weighted by atomic mass is 35.5. The quantitative estimate of drug-likeness (QED) is 0.801. The maximum atomic E-state index is 11.0. The first kappa shape index (κ1) is 13.1. The van der Waals surface area contributed by atoms with Gasteiger partial charge in [0.15, 0.2) is 5.82 Å². The SMILES string of the molecule is CC(=O)Nc1cccc(Nc2ncnc(N)c2Cl)c1. The fraction of sp³-hybridized carbons (Fsp3) is 0.0833. The van der Waals surface area contributed by atoms with Gasteiger partial charge in [0.1, 0.15) is 17.2 Å². The highest BCUT2D eigenvalue weighted by Gasteiger charge is 2.07. The van der Waals surface area contributed by atoms with Crippen molar-refractivity contribution in [2.24, 2.45) is 0 Å². The van der Waals surface area contributed by atoms with Crippen LogP contribution in [0.25, 0.3) is 0 Å². The maximum Gasteiger partial charge on any atom is 0.221 e. The number of amides is 1. The molecule has 98 valence electrons. The van der Waals surface area contributed by atoms with Crippen LogP contribution in [0.1, 0.15) is 6.92 Å². The van der Waals surface area contributed by atoms with Gasteiger partial charge in [0, 0.05) is 18.3 Å². The Morgan fingerprint density at radius 2 is 2.05 bits per heavy atom. The number of rotatable bonds is 3. The van der Waals surface area contributed by atoms with Crippen molar-refractivity contribution in [3.8, 4) is 0 Å². The van der Waals surface area contributed by atoms with Gasteiger partial charge >= 0.3 is 0 Å². The first-order valence-corrected chi connectivity index (χ1v) is 5.84. The van der Waals surface area contributed by atoms with Gasteiger partial charge in [-0.3, -0.25) is 4.79 Å². The number of hydrogen-bond acceptors (Lipinski definition) is 5. The summed E-state index contributed by atoms with van der Waals surface area (Å²) in [6, 6.07) is 7.16. The highest BCUT2D eigenvalue weighted by Crippen LogP contribution is 2.27. The van der Waals surface area contributed by atoms with Gasteiger partial charge in [-0.1, -0.05) is 17.7 Å². The largest absolute Gasteiger partial charge is 0.382 e. The molecular weight excluding hydrogens is 266 g/mol. The van der Waals surface area contributed by atoms with Gasteiger partial charge in [-0.05, 0) is 18.2 Å². The number of carbonyl (C=O) groups is 1. The van der Waals surface area contributed by atoms with Crippen LogP contribution in [0.2, 0.25) is 5.02 Å². The molecule has 2 rings (SSSR count). The molecule has 0 aliphatic rings. The summed E-state index contributed by atoms with van der Waals surface area (Å²) in [5.74, 6) is 0.479. The van der Waals surface area contributed by atoms with E-state index in [4.69, 9.17) is 17.3 Å². The second-order valence-electron chi connectivity index (χ2n) is 3.81. The van der Waals surface area contributed by atoms with E-state index in [1.54, 1.807) is 18.2 Å². The van der Waals surface area contributed by atoms with E-state index in [2.05, 4.69) is 20.6 Å². The van der Waals surface area contributed by atoms with Gasteiger partial charge in [0.25, 0.3) is 0 Å². The Morgan fingerprint density at radius 1 is 1.32 bits per heavy atom. The first-order valence-electron chi connectivity index (χ1n) is 5.47. The van der Waals surface area contributed by atoms with Crippen LogP contribution in [-0.4, -0.2) is 15.9 Å². The van der Waals surface area contributed by atoms with Crippen molar-refractivity contribution in [1.29, 1.82) is 0 Å². The number of aromatic nitrogens is 2. The van der Waals surface area contributed by atoms with E-state index >= 15 is 0 Å². The minimum Gasteiger partial charge on any atom is -0.382 e. The predicted octanol–water partition coefficient (Wildman–Crippen LogP) is 2.41. The maximum absolute atomic E-state index is 11.0. The number of carbonyl (C=O) groups excluding carboxylic acids is 1. The zero-order chi connectivity index (χ0) is 13.8. The molecule has 0 spiro atoms. The van der Waals surface area contributed by atoms with Crippen LogP contribution in [0.4, 0.5) is 23.0 Å². The zero-order valence-corrected chi connectivity index (χ0v) is 10.9. The van der Waals surface area contributed by atoms with E-state index in [1.807, 2.05) is 6.07 Å². The second-order valence-corrected chi connectivity index (χ2v) is 4.19. The van der Waals surface area contributed by atoms with E-state index < -0.39 is 0 Å². The van der Waals surface area contributed by atoms with E-state index in [0.29, 0.717) is 11.5 Å². The molecule has 0 bridgehead atoms. The number of nitrogen functional groups attached to an aromatic ring is 1. The molecule has 0 radical (unpaired) electrons. The van der Waals surface area contributed by atoms with Gasteiger partial charge in [-0.25, -0.2) is 9.97 Å². The number of hydrogen-bond donors (Lipinski definition) is 3. The molecule has 0 saturated heterocycles. The molecular formula is C12H12ClN5O. The van der Waals surface area contributed by atoms with E-state index in [-0.39, 0.29) is 16.7 Å². The fourth-order valence-electron chi connectivity index (χ4n) is 1.49. The van der Waals surface area contributed by atoms with Gasteiger partial charge in [0.05, 0.1) is 0 Å². The first-order chi connectivity index (χ1) is 9.06. The zero-order valence-electron chi connectivity index (χ0n) is 10.1. The normalized spacial score (nSPS) is 10.0. The lowest BCUT2D eigenvalue weighted by Crippen LogP contribution is -2.06. The van der Waals surface area contributed by atoms with Crippen LogP contribution in [0.15, 0.2) is 30.6 Å². The molecule has 1 amide bonds.